The zero-order chi connectivity index (χ0) is 19.2. The molecule has 2 amide bonds. The summed E-state index contributed by atoms with van der Waals surface area (Å²) in [6.45, 7) is 1.60. The maximum atomic E-state index is 12.7. The molecule has 7 heteroatoms. The molecule has 2 aromatic rings. The Kier molecular flexibility index (Phi) is 6.03. The van der Waals surface area contributed by atoms with Crippen molar-refractivity contribution in [2.45, 2.75) is 25.4 Å². The molecule has 0 saturated carbocycles. The maximum Gasteiger partial charge on any atom is 0.260 e. The Morgan fingerprint density at radius 1 is 1.22 bits per heavy atom. The van der Waals surface area contributed by atoms with Crippen LogP contribution in [0.1, 0.15) is 39.1 Å². The second kappa shape index (κ2) is 8.64. The number of benzene rings is 1. The number of hydrogen-bond donors (Lipinski definition) is 2. The first-order chi connectivity index (χ1) is 13.0. The summed E-state index contributed by atoms with van der Waals surface area (Å²) in [5.74, 6) is -0.737. The van der Waals surface area contributed by atoms with Crippen molar-refractivity contribution in [1.82, 2.24) is 15.2 Å². The number of ether oxygens (including phenoxy) is 1. The second-order valence-electron chi connectivity index (χ2n) is 6.64. The second-order valence-corrected chi connectivity index (χ2v) is 6.64. The van der Waals surface area contributed by atoms with E-state index in [4.69, 9.17) is 4.74 Å². The lowest BCUT2D eigenvalue weighted by atomic mass is 10.1. The molecule has 0 spiro atoms. The van der Waals surface area contributed by atoms with Crippen molar-refractivity contribution in [3.63, 3.8) is 0 Å². The minimum atomic E-state index is -0.512. The number of aromatic amines is 1. The van der Waals surface area contributed by atoms with Crippen LogP contribution in [0.3, 0.4) is 0 Å². The number of carbonyl (C=O) groups is 2. The van der Waals surface area contributed by atoms with Gasteiger partial charge < -0.3 is 19.9 Å². The van der Waals surface area contributed by atoms with E-state index in [1.165, 1.54) is 17.2 Å². The van der Waals surface area contributed by atoms with E-state index >= 15 is 0 Å². The van der Waals surface area contributed by atoms with Gasteiger partial charge in [0.1, 0.15) is 5.56 Å². The number of carbonyl (C=O) groups excluding carboxylic acids is 2. The number of amides is 2. The van der Waals surface area contributed by atoms with Gasteiger partial charge in [-0.05, 0) is 24.5 Å². The van der Waals surface area contributed by atoms with E-state index in [9.17, 15) is 14.4 Å². The van der Waals surface area contributed by atoms with Gasteiger partial charge in [0.2, 0.25) is 0 Å². The summed E-state index contributed by atoms with van der Waals surface area (Å²) in [5, 5.41) is 2.92. The quantitative estimate of drug-likeness (QED) is 0.837. The summed E-state index contributed by atoms with van der Waals surface area (Å²) < 4.78 is 5.28. The molecule has 2 heterocycles. The summed E-state index contributed by atoms with van der Waals surface area (Å²) in [7, 11) is 1.63. The summed E-state index contributed by atoms with van der Waals surface area (Å²) in [5.41, 5.74) is 0.659. The predicted octanol–water partition coefficient (Wildman–Crippen LogP) is 1.56. The van der Waals surface area contributed by atoms with Gasteiger partial charge >= 0.3 is 0 Å². The summed E-state index contributed by atoms with van der Waals surface area (Å²) in [4.78, 5) is 41.2. The van der Waals surface area contributed by atoms with E-state index in [-0.39, 0.29) is 23.1 Å². The van der Waals surface area contributed by atoms with Gasteiger partial charge in [0.15, 0.2) is 0 Å². The van der Waals surface area contributed by atoms with Crippen LogP contribution in [0.2, 0.25) is 0 Å². The summed E-state index contributed by atoms with van der Waals surface area (Å²) >= 11 is 0. The van der Waals surface area contributed by atoms with Crippen molar-refractivity contribution < 1.29 is 14.3 Å². The molecule has 1 saturated heterocycles. The van der Waals surface area contributed by atoms with Crippen LogP contribution >= 0.6 is 0 Å². The van der Waals surface area contributed by atoms with Crippen molar-refractivity contribution in [1.29, 1.82) is 0 Å². The topological polar surface area (TPSA) is 91.5 Å². The van der Waals surface area contributed by atoms with Crippen LogP contribution in [0.5, 0.6) is 0 Å². The van der Waals surface area contributed by atoms with Crippen LogP contribution in [0, 0.1) is 0 Å². The number of aromatic nitrogens is 1. The average molecular weight is 369 g/mol. The molecule has 1 aromatic carbocycles. The van der Waals surface area contributed by atoms with Gasteiger partial charge in [-0.25, -0.2) is 0 Å². The van der Waals surface area contributed by atoms with Crippen molar-refractivity contribution in [2.75, 3.05) is 20.3 Å². The van der Waals surface area contributed by atoms with Crippen LogP contribution < -0.4 is 10.9 Å². The lowest BCUT2D eigenvalue weighted by Crippen LogP contribution is -2.39. The predicted molar refractivity (Wildman–Crippen MR) is 101 cm³/mol. The van der Waals surface area contributed by atoms with E-state index in [1.54, 1.807) is 7.05 Å². The fraction of sp³-hybridized carbons (Fsp3) is 0.350. The molecular formula is C20H23N3O4. The number of nitrogens with one attached hydrogen (secondary N) is 2. The molecule has 0 bridgehead atoms. The van der Waals surface area contributed by atoms with Gasteiger partial charge in [0.05, 0.1) is 5.56 Å². The Morgan fingerprint density at radius 2 is 1.93 bits per heavy atom. The number of hydrogen-bond acceptors (Lipinski definition) is 4. The van der Waals surface area contributed by atoms with Gasteiger partial charge in [-0.1, -0.05) is 30.3 Å². The third kappa shape index (κ3) is 4.83. The number of H-pyrrole nitrogens is 1. The van der Waals surface area contributed by atoms with Crippen LogP contribution in [0.15, 0.2) is 47.4 Å². The number of pyridine rings is 1. The Morgan fingerprint density at radius 3 is 2.63 bits per heavy atom. The first-order valence-corrected chi connectivity index (χ1v) is 8.95. The van der Waals surface area contributed by atoms with E-state index < -0.39 is 11.5 Å². The molecule has 0 aliphatic carbocycles. The van der Waals surface area contributed by atoms with E-state index in [0.717, 1.165) is 18.4 Å². The molecule has 1 aliphatic heterocycles. The molecule has 142 valence electrons. The molecule has 3 rings (SSSR count). The van der Waals surface area contributed by atoms with Gasteiger partial charge in [-0.2, -0.15) is 0 Å². The maximum absolute atomic E-state index is 12.7. The smallest absolute Gasteiger partial charge is 0.260 e. The standard InChI is InChI=1S/C20H23N3O4/c1-23(13-14-5-3-2-4-6-14)20(26)17-11-15(12-21-19(17)25)18(24)22-16-7-9-27-10-8-16/h2-6,11-12,16H,7-10,13H2,1H3,(H,21,25)(H,22,24). The lowest BCUT2D eigenvalue weighted by molar-refractivity contribution is 0.0696. The van der Waals surface area contributed by atoms with Crippen molar-refractivity contribution in [3.05, 3.63) is 69.6 Å². The lowest BCUT2D eigenvalue weighted by Gasteiger charge is -2.23. The van der Waals surface area contributed by atoms with Crippen LogP contribution in [-0.2, 0) is 11.3 Å². The first-order valence-electron chi connectivity index (χ1n) is 8.95. The molecule has 1 fully saturated rings. The molecule has 0 unspecified atom stereocenters. The highest BCUT2D eigenvalue weighted by molar-refractivity contribution is 5.99. The fourth-order valence-corrected chi connectivity index (χ4v) is 3.02. The summed E-state index contributed by atoms with van der Waals surface area (Å²) in [6.07, 6.45) is 2.84. The van der Waals surface area contributed by atoms with Gasteiger partial charge in [0, 0.05) is 39.0 Å². The third-order valence-electron chi connectivity index (χ3n) is 4.56. The van der Waals surface area contributed by atoms with Gasteiger partial charge in [-0.3, -0.25) is 14.4 Å². The van der Waals surface area contributed by atoms with Crippen molar-refractivity contribution >= 4 is 11.8 Å². The van der Waals surface area contributed by atoms with Crippen LogP contribution in [0.25, 0.3) is 0 Å². The first kappa shape index (κ1) is 18.8. The van der Waals surface area contributed by atoms with E-state index in [0.29, 0.717) is 19.8 Å². The molecule has 2 N–H and O–H groups in total. The molecule has 0 atom stereocenters. The minimum absolute atomic E-state index is 0.0399. The SMILES string of the molecule is CN(Cc1ccccc1)C(=O)c1cc(C(=O)NC2CCOCC2)c[nH]c1=O. The Balaban J connectivity index is 1.73. The van der Waals surface area contributed by atoms with Crippen molar-refractivity contribution in [3.8, 4) is 0 Å². The number of nitrogens with zero attached hydrogens (tertiary/aromatic N) is 1. The monoisotopic (exact) mass is 369 g/mol. The highest BCUT2D eigenvalue weighted by atomic mass is 16.5. The van der Waals surface area contributed by atoms with E-state index in [1.807, 2.05) is 30.3 Å². The van der Waals surface area contributed by atoms with Gasteiger partial charge in [0.25, 0.3) is 17.4 Å². The van der Waals surface area contributed by atoms with E-state index in [2.05, 4.69) is 10.3 Å². The van der Waals surface area contributed by atoms with Crippen molar-refractivity contribution in [2.24, 2.45) is 0 Å². The van der Waals surface area contributed by atoms with Crippen LogP contribution in [0.4, 0.5) is 0 Å². The molecule has 7 nitrogen and oxygen atoms in total. The number of rotatable bonds is 5. The third-order valence-corrected chi connectivity index (χ3v) is 4.56. The average Bonchev–Trinajstić information content (AvgIpc) is 2.69. The molecular weight excluding hydrogens is 346 g/mol. The normalized spacial score (nSPS) is 14.6. The zero-order valence-electron chi connectivity index (χ0n) is 15.2. The fourth-order valence-electron chi connectivity index (χ4n) is 3.02. The van der Waals surface area contributed by atoms with Crippen LogP contribution in [-0.4, -0.2) is 48.0 Å². The summed E-state index contributed by atoms with van der Waals surface area (Å²) in [6, 6.07) is 10.9. The molecule has 1 aliphatic rings. The molecule has 0 radical (unpaired) electrons. The Hall–Kier alpha value is -2.93. The highest BCUT2D eigenvalue weighted by Gasteiger charge is 2.21. The highest BCUT2D eigenvalue weighted by Crippen LogP contribution is 2.10. The molecule has 27 heavy (non-hydrogen) atoms. The minimum Gasteiger partial charge on any atom is -0.381 e. The Labute approximate surface area is 157 Å². The largest absolute Gasteiger partial charge is 0.381 e. The van der Waals surface area contributed by atoms with Gasteiger partial charge in [-0.15, -0.1) is 0 Å². The zero-order valence-corrected chi connectivity index (χ0v) is 15.2. The molecule has 1 aromatic heterocycles. The Bertz CT molecular complexity index is 857.